The van der Waals surface area contributed by atoms with Crippen LogP contribution in [0.3, 0.4) is 0 Å². The molecule has 0 spiro atoms. The summed E-state index contributed by atoms with van der Waals surface area (Å²) in [5, 5.41) is 8.48. The second-order valence-corrected chi connectivity index (χ2v) is 7.56. The van der Waals surface area contributed by atoms with Crippen molar-refractivity contribution in [2.75, 3.05) is 23.7 Å². The molecule has 0 atom stereocenters. The van der Waals surface area contributed by atoms with Gasteiger partial charge in [0.2, 0.25) is 5.95 Å². The zero-order valence-corrected chi connectivity index (χ0v) is 18.4. The SMILES string of the molecule is NCCCNCc1ccc(-c2c[nH]c(NC(=O)Nc3cccc(Cl)c3Cl)nc2=O)cc1F. The molecule has 6 N–H and O–H groups in total. The number of H-pyrrole nitrogens is 1. The van der Waals surface area contributed by atoms with E-state index in [9.17, 15) is 14.0 Å². The number of anilines is 2. The summed E-state index contributed by atoms with van der Waals surface area (Å²) >= 11 is 11.9. The van der Waals surface area contributed by atoms with Crippen molar-refractivity contribution in [3.05, 3.63) is 74.4 Å². The van der Waals surface area contributed by atoms with Crippen molar-refractivity contribution in [3.63, 3.8) is 0 Å². The lowest BCUT2D eigenvalue weighted by Gasteiger charge is -2.10. The summed E-state index contributed by atoms with van der Waals surface area (Å²) < 4.78 is 14.4. The molecule has 0 bridgehead atoms. The van der Waals surface area contributed by atoms with Crippen molar-refractivity contribution >= 4 is 40.9 Å². The predicted octanol–water partition coefficient (Wildman–Crippen LogP) is 3.97. The molecule has 2 aromatic carbocycles. The van der Waals surface area contributed by atoms with Crippen LogP contribution in [0.15, 0.2) is 47.4 Å². The number of hydrogen-bond acceptors (Lipinski definition) is 5. The topological polar surface area (TPSA) is 125 Å². The number of carbonyl (C=O) groups is 1. The van der Waals surface area contributed by atoms with Crippen molar-refractivity contribution in [1.29, 1.82) is 0 Å². The molecule has 0 aliphatic carbocycles. The molecule has 168 valence electrons. The number of nitrogens with zero attached hydrogens (tertiary/aromatic N) is 1. The van der Waals surface area contributed by atoms with Crippen LogP contribution >= 0.6 is 23.2 Å². The highest BCUT2D eigenvalue weighted by atomic mass is 35.5. The van der Waals surface area contributed by atoms with Crippen LogP contribution in [0.4, 0.5) is 20.8 Å². The Kier molecular flexibility index (Phi) is 8.18. The molecule has 0 radical (unpaired) electrons. The average molecular weight is 479 g/mol. The van der Waals surface area contributed by atoms with Gasteiger partial charge in [0.05, 0.1) is 21.3 Å². The molecular formula is C21H21Cl2FN6O2. The Labute approximate surface area is 193 Å². The number of urea groups is 1. The number of carbonyl (C=O) groups excluding carboxylic acids is 1. The number of aromatic nitrogens is 2. The Hall–Kier alpha value is -2.98. The molecule has 1 aromatic heterocycles. The number of hydrogen-bond donors (Lipinski definition) is 5. The Morgan fingerprint density at radius 1 is 1.19 bits per heavy atom. The Morgan fingerprint density at radius 3 is 2.72 bits per heavy atom. The van der Waals surface area contributed by atoms with E-state index in [1.165, 1.54) is 12.3 Å². The van der Waals surface area contributed by atoms with Gasteiger partial charge in [0.15, 0.2) is 0 Å². The average Bonchev–Trinajstić information content (AvgIpc) is 2.75. The van der Waals surface area contributed by atoms with Gasteiger partial charge in [-0.25, -0.2) is 9.18 Å². The van der Waals surface area contributed by atoms with Gasteiger partial charge < -0.3 is 21.4 Å². The maximum absolute atomic E-state index is 14.4. The molecule has 3 aromatic rings. The minimum atomic E-state index is -0.678. The number of benzene rings is 2. The highest BCUT2D eigenvalue weighted by Crippen LogP contribution is 2.29. The third-order valence-electron chi connectivity index (χ3n) is 4.47. The van der Waals surface area contributed by atoms with Crippen LogP contribution in [0.1, 0.15) is 12.0 Å². The number of halogens is 3. The van der Waals surface area contributed by atoms with Crippen LogP contribution < -0.4 is 27.2 Å². The fraction of sp³-hybridized carbons (Fsp3) is 0.190. The molecular weight excluding hydrogens is 458 g/mol. The van der Waals surface area contributed by atoms with Crippen LogP contribution in [0.2, 0.25) is 10.0 Å². The molecule has 8 nitrogen and oxygen atoms in total. The summed E-state index contributed by atoms with van der Waals surface area (Å²) in [5.41, 5.74) is 6.10. The summed E-state index contributed by atoms with van der Waals surface area (Å²) in [5.74, 6) is -0.530. The first-order valence-corrected chi connectivity index (χ1v) is 10.5. The minimum absolute atomic E-state index is 0.0874. The van der Waals surface area contributed by atoms with E-state index in [0.29, 0.717) is 36.4 Å². The van der Waals surface area contributed by atoms with E-state index in [4.69, 9.17) is 28.9 Å². The van der Waals surface area contributed by atoms with Gasteiger partial charge in [-0.05, 0) is 43.3 Å². The largest absolute Gasteiger partial charge is 0.331 e. The lowest BCUT2D eigenvalue weighted by Crippen LogP contribution is -2.23. The molecule has 0 saturated carbocycles. The molecule has 1 heterocycles. The smallest absolute Gasteiger partial charge is 0.326 e. The summed E-state index contributed by atoms with van der Waals surface area (Å²) in [7, 11) is 0. The standard InChI is InChI=1S/C21H21Cl2FN6O2/c22-15-3-1-4-17(18(15)23)28-21(32)30-20-27-11-14(19(31)29-20)12-5-6-13(16(24)9-12)10-26-8-2-7-25/h1,3-6,9,11,26H,2,7-8,10,25H2,(H3,27,28,29,30,31,32). The van der Waals surface area contributed by atoms with Crippen LogP contribution in [-0.4, -0.2) is 29.1 Å². The second kappa shape index (κ2) is 11.1. The van der Waals surface area contributed by atoms with Crippen molar-refractivity contribution in [2.24, 2.45) is 5.73 Å². The van der Waals surface area contributed by atoms with Crippen molar-refractivity contribution in [3.8, 4) is 11.1 Å². The maximum atomic E-state index is 14.4. The zero-order valence-electron chi connectivity index (χ0n) is 16.8. The molecule has 0 aliphatic heterocycles. The molecule has 0 saturated heterocycles. The normalized spacial score (nSPS) is 10.8. The Morgan fingerprint density at radius 2 is 2.00 bits per heavy atom. The van der Waals surface area contributed by atoms with Crippen LogP contribution in [0.25, 0.3) is 11.1 Å². The number of amides is 2. The fourth-order valence-electron chi connectivity index (χ4n) is 2.84. The highest BCUT2D eigenvalue weighted by Gasteiger charge is 2.12. The van der Waals surface area contributed by atoms with Gasteiger partial charge in [0, 0.05) is 18.3 Å². The monoisotopic (exact) mass is 478 g/mol. The predicted molar refractivity (Wildman–Crippen MR) is 125 cm³/mol. The van der Waals surface area contributed by atoms with Gasteiger partial charge in [-0.15, -0.1) is 0 Å². The number of aromatic amines is 1. The summed E-state index contributed by atoms with van der Waals surface area (Å²) in [6, 6.07) is 8.61. The van der Waals surface area contributed by atoms with Crippen LogP contribution in [0, 0.1) is 5.82 Å². The van der Waals surface area contributed by atoms with E-state index in [1.54, 1.807) is 30.3 Å². The minimum Gasteiger partial charge on any atom is -0.331 e. The van der Waals surface area contributed by atoms with Crippen molar-refractivity contribution in [2.45, 2.75) is 13.0 Å². The summed E-state index contributed by atoms with van der Waals surface area (Å²) in [4.78, 5) is 31.1. The maximum Gasteiger partial charge on any atom is 0.326 e. The fourth-order valence-corrected chi connectivity index (χ4v) is 3.18. The van der Waals surface area contributed by atoms with Gasteiger partial charge in [0.25, 0.3) is 5.56 Å². The van der Waals surface area contributed by atoms with Crippen molar-refractivity contribution in [1.82, 2.24) is 15.3 Å². The Bertz CT molecular complexity index is 1170. The highest BCUT2D eigenvalue weighted by molar-refractivity contribution is 6.44. The van der Waals surface area contributed by atoms with Gasteiger partial charge in [-0.3, -0.25) is 10.1 Å². The van der Waals surface area contributed by atoms with Gasteiger partial charge in [0.1, 0.15) is 5.82 Å². The number of nitrogens with one attached hydrogen (secondary N) is 4. The van der Waals surface area contributed by atoms with Crippen molar-refractivity contribution < 1.29 is 9.18 Å². The van der Waals surface area contributed by atoms with Gasteiger partial charge >= 0.3 is 6.03 Å². The van der Waals surface area contributed by atoms with Gasteiger partial charge in [-0.1, -0.05) is 41.4 Å². The van der Waals surface area contributed by atoms with E-state index in [0.717, 1.165) is 6.42 Å². The van der Waals surface area contributed by atoms with E-state index >= 15 is 0 Å². The third-order valence-corrected chi connectivity index (χ3v) is 5.28. The Balaban J connectivity index is 1.68. The van der Waals surface area contributed by atoms with E-state index < -0.39 is 17.4 Å². The quantitative estimate of drug-likeness (QED) is 0.313. The molecule has 0 fully saturated rings. The molecule has 0 aliphatic rings. The van der Waals surface area contributed by atoms with E-state index in [-0.39, 0.29) is 21.6 Å². The van der Waals surface area contributed by atoms with Crippen LogP contribution in [-0.2, 0) is 6.54 Å². The lowest BCUT2D eigenvalue weighted by molar-refractivity contribution is 0.262. The molecule has 32 heavy (non-hydrogen) atoms. The van der Waals surface area contributed by atoms with E-state index in [1.807, 2.05) is 0 Å². The summed E-state index contributed by atoms with van der Waals surface area (Å²) in [6.45, 7) is 1.60. The molecule has 11 heteroatoms. The first-order chi connectivity index (χ1) is 15.4. The molecule has 0 unspecified atom stereocenters. The first-order valence-electron chi connectivity index (χ1n) is 9.70. The number of rotatable bonds is 8. The second-order valence-electron chi connectivity index (χ2n) is 6.77. The van der Waals surface area contributed by atoms with E-state index in [2.05, 4.69) is 25.9 Å². The number of nitrogens with two attached hydrogens (primary N) is 1. The molecule has 2 amide bonds. The van der Waals surface area contributed by atoms with Gasteiger partial charge in [-0.2, -0.15) is 4.98 Å². The van der Waals surface area contributed by atoms with Crippen LogP contribution in [0.5, 0.6) is 0 Å². The molecule has 3 rings (SSSR count). The lowest BCUT2D eigenvalue weighted by atomic mass is 10.1. The zero-order chi connectivity index (χ0) is 23.1. The third kappa shape index (κ3) is 6.04. The first kappa shape index (κ1) is 23.7. The summed E-state index contributed by atoms with van der Waals surface area (Å²) in [6.07, 6.45) is 2.15.